The molecule has 9 heteroatoms. The van der Waals surface area contributed by atoms with Gasteiger partial charge in [-0.2, -0.15) is 8.78 Å². The maximum Gasteiger partial charge on any atom is 0.387 e. The van der Waals surface area contributed by atoms with E-state index in [0.29, 0.717) is 25.1 Å². The molecule has 3 N–H and O–H groups in total. The van der Waals surface area contributed by atoms with E-state index >= 15 is 0 Å². The van der Waals surface area contributed by atoms with Crippen LogP contribution in [-0.4, -0.2) is 28.7 Å². The molecule has 26 heavy (non-hydrogen) atoms. The van der Waals surface area contributed by atoms with Gasteiger partial charge in [0.15, 0.2) is 11.5 Å². The molecule has 0 saturated heterocycles. The predicted molar refractivity (Wildman–Crippen MR) is 92.9 cm³/mol. The smallest absolute Gasteiger partial charge is 0.387 e. The summed E-state index contributed by atoms with van der Waals surface area (Å²) in [5.74, 6) is 0.248. The Balaban J connectivity index is 1.94. The van der Waals surface area contributed by atoms with Gasteiger partial charge in [-0.25, -0.2) is 13.6 Å². The monoisotopic (exact) mass is 386 g/mol. The van der Waals surface area contributed by atoms with Gasteiger partial charge in [0.05, 0.1) is 12.0 Å². The van der Waals surface area contributed by atoms with Gasteiger partial charge in [0.1, 0.15) is 0 Å². The van der Waals surface area contributed by atoms with E-state index < -0.39 is 16.6 Å². The topological polar surface area (TPSA) is 90.6 Å². The number of nitrogens with one attached hydrogen (secondary N) is 1. The van der Waals surface area contributed by atoms with E-state index in [1.165, 1.54) is 19.2 Å². The number of halogens is 2. The fourth-order valence-corrected chi connectivity index (χ4v) is 2.90. The van der Waals surface area contributed by atoms with Crippen molar-refractivity contribution >= 4 is 10.0 Å². The van der Waals surface area contributed by atoms with Crippen molar-refractivity contribution in [2.75, 3.05) is 13.7 Å². The number of nitrogens with two attached hydrogens (primary N) is 1. The minimum absolute atomic E-state index is 0.00926. The maximum atomic E-state index is 12.6. The van der Waals surface area contributed by atoms with Gasteiger partial charge >= 0.3 is 6.61 Å². The average Bonchev–Trinajstić information content (AvgIpc) is 2.59. The lowest BCUT2D eigenvalue weighted by Crippen LogP contribution is -2.18. The summed E-state index contributed by atoms with van der Waals surface area (Å²) in [6, 6.07) is 11.2. The molecule has 142 valence electrons. The lowest BCUT2D eigenvalue weighted by atomic mass is 10.1. The summed E-state index contributed by atoms with van der Waals surface area (Å²) in [7, 11) is -2.32. The van der Waals surface area contributed by atoms with Crippen LogP contribution in [0.1, 0.15) is 11.1 Å². The van der Waals surface area contributed by atoms with Gasteiger partial charge in [-0.05, 0) is 36.7 Å². The minimum Gasteiger partial charge on any atom is -0.493 e. The zero-order chi connectivity index (χ0) is 19.2. The van der Waals surface area contributed by atoms with Gasteiger partial charge in [0.25, 0.3) is 0 Å². The van der Waals surface area contributed by atoms with Crippen molar-refractivity contribution < 1.29 is 26.7 Å². The number of primary sulfonamides is 1. The Hall–Kier alpha value is -2.23. The van der Waals surface area contributed by atoms with Crippen molar-refractivity contribution in [1.29, 1.82) is 0 Å². The third kappa shape index (κ3) is 5.65. The fourth-order valence-electron chi connectivity index (χ4n) is 2.39. The van der Waals surface area contributed by atoms with Crippen molar-refractivity contribution in [3.05, 3.63) is 53.6 Å². The van der Waals surface area contributed by atoms with Crippen LogP contribution in [0.25, 0.3) is 0 Å². The van der Waals surface area contributed by atoms with Gasteiger partial charge in [-0.3, -0.25) is 0 Å². The molecule has 0 aliphatic heterocycles. The van der Waals surface area contributed by atoms with Crippen molar-refractivity contribution in [3.63, 3.8) is 0 Å². The molecule has 0 radical (unpaired) electrons. The third-order valence-corrected chi connectivity index (χ3v) is 4.57. The lowest BCUT2D eigenvalue weighted by molar-refractivity contribution is -0.0518. The van der Waals surface area contributed by atoms with Crippen LogP contribution in [-0.2, 0) is 23.0 Å². The Bertz CT molecular complexity index is 827. The van der Waals surface area contributed by atoms with Crippen molar-refractivity contribution in [2.24, 2.45) is 5.14 Å². The Labute approximate surface area is 151 Å². The first-order valence-corrected chi connectivity index (χ1v) is 9.29. The average molecular weight is 386 g/mol. The Morgan fingerprint density at radius 3 is 2.42 bits per heavy atom. The van der Waals surface area contributed by atoms with Crippen LogP contribution < -0.4 is 19.9 Å². The maximum absolute atomic E-state index is 12.6. The number of ether oxygens (including phenoxy) is 2. The summed E-state index contributed by atoms with van der Waals surface area (Å²) in [6.07, 6.45) is 0.625. The fraction of sp³-hybridized carbons (Fsp3) is 0.294. The van der Waals surface area contributed by atoms with Crippen molar-refractivity contribution in [3.8, 4) is 11.5 Å². The SMILES string of the molecule is COc1cccc(CNCCc2ccc(S(N)(=O)=O)cc2)c1OC(F)F. The van der Waals surface area contributed by atoms with Gasteiger partial charge in [-0.1, -0.05) is 24.3 Å². The first kappa shape index (κ1) is 20.1. The minimum atomic E-state index is -3.70. The normalized spacial score (nSPS) is 11.6. The summed E-state index contributed by atoms with van der Waals surface area (Å²) in [5.41, 5.74) is 1.47. The Kier molecular flexibility index (Phi) is 6.90. The highest BCUT2D eigenvalue weighted by atomic mass is 32.2. The quantitative estimate of drug-likeness (QED) is 0.645. The van der Waals surface area contributed by atoms with E-state index in [2.05, 4.69) is 10.1 Å². The van der Waals surface area contributed by atoms with Gasteiger partial charge in [0, 0.05) is 12.1 Å². The van der Waals surface area contributed by atoms with E-state index in [1.54, 1.807) is 30.3 Å². The molecule has 0 aliphatic rings. The number of hydrogen-bond acceptors (Lipinski definition) is 5. The molecule has 0 aromatic heterocycles. The molecule has 0 unspecified atom stereocenters. The molecule has 0 bridgehead atoms. The van der Waals surface area contributed by atoms with E-state index in [9.17, 15) is 17.2 Å². The molecule has 0 atom stereocenters. The van der Waals surface area contributed by atoms with Gasteiger partial charge < -0.3 is 14.8 Å². The number of benzene rings is 2. The van der Waals surface area contributed by atoms with Crippen molar-refractivity contribution in [1.82, 2.24) is 5.32 Å². The zero-order valence-electron chi connectivity index (χ0n) is 14.1. The van der Waals surface area contributed by atoms with Gasteiger partial charge in [-0.15, -0.1) is 0 Å². The standard InChI is InChI=1S/C17H20F2N2O4S/c1-24-15-4-2-3-13(16(15)25-17(18)19)11-21-10-9-12-5-7-14(8-6-12)26(20,22)23/h2-8,17,21H,9-11H2,1H3,(H2,20,22,23). The highest BCUT2D eigenvalue weighted by Crippen LogP contribution is 2.32. The van der Waals surface area contributed by atoms with E-state index in [0.717, 1.165) is 5.56 Å². The summed E-state index contributed by atoms with van der Waals surface area (Å²) >= 11 is 0. The number of hydrogen-bond donors (Lipinski definition) is 2. The highest BCUT2D eigenvalue weighted by Gasteiger charge is 2.15. The van der Waals surface area contributed by atoms with Crippen LogP contribution in [0.15, 0.2) is 47.4 Å². The first-order valence-electron chi connectivity index (χ1n) is 7.74. The highest BCUT2D eigenvalue weighted by molar-refractivity contribution is 7.89. The Morgan fingerprint density at radius 2 is 1.85 bits per heavy atom. The second-order valence-corrected chi connectivity index (χ2v) is 7.00. The number of para-hydroxylation sites is 1. The van der Waals surface area contributed by atoms with E-state index in [-0.39, 0.29) is 16.4 Å². The van der Waals surface area contributed by atoms with Crippen LogP contribution in [0, 0.1) is 0 Å². The summed E-state index contributed by atoms with van der Waals surface area (Å²) in [4.78, 5) is 0.0550. The molecule has 2 aromatic carbocycles. The summed E-state index contributed by atoms with van der Waals surface area (Å²) in [6.45, 7) is -2.07. The van der Waals surface area contributed by atoms with Crippen LogP contribution in [0.5, 0.6) is 11.5 Å². The number of sulfonamides is 1. The number of rotatable bonds is 9. The molecular weight excluding hydrogens is 366 g/mol. The van der Waals surface area contributed by atoms with Crippen LogP contribution >= 0.6 is 0 Å². The van der Waals surface area contributed by atoms with Crippen molar-refractivity contribution in [2.45, 2.75) is 24.5 Å². The second-order valence-electron chi connectivity index (χ2n) is 5.44. The molecule has 0 aliphatic carbocycles. The zero-order valence-corrected chi connectivity index (χ0v) is 14.9. The predicted octanol–water partition coefficient (Wildman–Crippen LogP) is 2.28. The molecule has 2 aromatic rings. The molecule has 0 saturated carbocycles. The number of methoxy groups -OCH3 is 1. The molecular formula is C17H20F2N2O4S. The third-order valence-electron chi connectivity index (χ3n) is 3.65. The van der Waals surface area contributed by atoms with E-state index in [4.69, 9.17) is 9.88 Å². The summed E-state index contributed by atoms with van der Waals surface area (Å²) in [5, 5.41) is 8.19. The van der Waals surface area contributed by atoms with E-state index in [1.807, 2.05) is 0 Å². The molecule has 2 rings (SSSR count). The van der Waals surface area contributed by atoms with Crippen LogP contribution in [0.3, 0.4) is 0 Å². The number of alkyl halides is 2. The second kappa shape index (κ2) is 8.93. The molecule has 0 spiro atoms. The van der Waals surface area contributed by atoms with Crippen LogP contribution in [0.2, 0.25) is 0 Å². The van der Waals surface area contributed by atoms with Gasteiger partial charge in [0.2, 0.25) is 10.0 Å². The van der Waals surface area contributed by atoms with Crippen LogP contribution in [0.4, 0.5) is 8.78 Å². The molecule has 0 fully saturated rings. The Morgan fingerprint density at radius 1 is 1.15 bits per heavy atom. The molecule has 0 heterocycles. The molecule has 0 amide bonds. The first-order chi connectivity index (χ1) is 12.3. The summed E-state index contributed by atoms with van der Waals surface area (Å²) < 4.78 is 57.2. The lowest BCUT2D eigenvalue weighted by Gasteiger charge is -2.15. The largest absolute Gasteiger partial charge is 0.493 e. The molecule has 6 nitrogen and oxygen atoms in total.